The molecule has 142 valence electrons. The lowest BCUT2D eigenvalue weighted by Gasteiger charge is -2.22. The standard InChI is InChI=1S/C23H27NO3/c25-22(15-21(23(26)27)24-16-17-7-3-1-4-8-17)20-13-11-19(12-14-20)18-9-5-2-6-10-18/h1,3-4,7-8,11-14,18,21,24H,2,5-6,9-10,15-16H2,(H,26,27)/t21-/m1/s1. The van der Waals surface area contributed by atoms with E-state index in [9.17, 15) is 14.7 Å². The lowest BCUT2D eigenvalue weighted by atomic mass is 9.84. The summed E-state index contributed by atoms with van der Waals surface area (Å²) in [7, 11) is 0. The number of hydrogen-bond acceptors (Lipinski definition) is 3. The molecule has 2 N–H and O–H groups in total. The lowest BCUT2D eigenvalue weighted by Crippen LogP contribution is -2.92. The van der Waals surface area contributed by atoms with E-state index in [1.807, 2.05) is 54.6 Å². The second-order valence-corrected chi connectivity index (χ2v) is 7.44. The van der Waals surface area contributed by atoms with Gasteiger partial charge < -0.3 is 15.2 Å². The predicted molar refractivity (Wildman–Crippen MR) is 102 cm³/mol. The topological polar surface area (TPSA) is 73.8 Å². The van der Waals surface area contributed by atoms with Crippen LogP contribution in [0.4, 0.5) is 0 Å². The van der Waals surface area contributed by atoms with Crippen molar-refractivity contribution < 1.29 is 20.0 Å². The van der Waals surface area contributed by atoms with E-state index in [0.717, 1.165) is 5.56 Å². The number of aliphatic carboxylic acids is 1. The van der Waals surface area contributed by atoms with Crippen molar-refractivity contribution in [3.05, 3.63) is 71.3 Å². The third kappa shape index (κ3) is 5.51. The Morgan fingerprint density at radius 1 is 0.963 bits per heavy atom. The van der Waals surface area contributed by atoms with Crippen LogP contribution in [0.5, 0.6) is 0 Å². The first-order valence-electron chi connectivity index (χ1n) is 9.85. The number of carbonyl (C=O) groups is 2. The van der Waals surface area contributed by atoms with Gasteiger partial charge in [0.25, 0.3) is 0 Å². The van der Waals surface area contributed by atoms with Crippen molar-refractivity contribution in [1.29, 1.82) is 0 Å². The predicted octanol–water partition coefficient (Wildman–Crippen LogP) is 2.19. The van der Waals surface area contributed by atoms with Gasteiger partial charge in [0.2, 0.25) is 0 Å². The van der Waals surface area contributed by atoms with Gasteiger partial charge in [-0.25, -0.2) is 0 Å². The summed E-state index contributed by atoms with van der Waals surface area (Å²) >= 11 is 0. The molecule has 2 aromatic rings. The van der Waals surface area contributed by atoms with E-state index in [-0.39, 0.29) is 12.2 Å². The number of carbonyl (C=O) groups excluding carboxylic acids is 2. The SMILES string of the molecule is O=C(C[C@@H]([NH2+]Cc1ccccc1)C(=O)[O-])c1ccc(C2CCCCC2)cc1. The number of carboxylic acids is 1. The zero-order valence-electron chi connectivity index (χ0n) is 15.6. The third-order valence-corrected chi connectivity index (χ3v) is 5.50. The van der Waals surface area contributed by atoms with Crippen LogP contribution in [0.3, 0.4) is 0 Å². The highest BCUT2D eigenvalue weighted by Gasteiger charge is 2.20. The van der Waals surface area contributed by atoms with Crippen LogP contribution in [-0.4, -0.2) is 17.8 Å². The Morgan fingerprint density at radius 3 is 2.26 bits per heavy atom. The van der Waals surface area contributed by atoms with Gasteiger partial charge in [0.05, 0.1) is 12.4 Å². The van der Waals surface area contributed by atoms with Crippen LogP contribution in [0.2, 0.25) is 0 Å². The van der Waals surface area contributed by atoms with E-state index >= 15 is 0 Å². The maximum Gasteiger partial charge on any atom is 0.169 e. The average molecular weight is 365 g/mol. The molecule has 2 aromatic carbocycles. The first kappa shape index (κ1) is 19.3. The Kier molecular flexibility index (Phi) is 6.77. The van der Waals surface area contributed by atoms with Gasteiger partial charge in [-0.2, -0.15) is 0 Å². The minimum atomic E-state index is -1.20. The number of rotatable bonds is 8. The number of quaternary nitrogens is 1. The molecule has 0 radical (unpaired) electrons. The molecule has 0 unspecified atom stereocenters. The molecule has 0 heterocycles. The maximum atomic E-state index is 12.5. The van der Waals surface area contributed by atoms with Gasteiger partial charge in [-0.05, 0) is 24.3 Å². The summed E-state index contributed by atoms with van der Waals surface area (Å²) in [4.78, 5) is 24.0. The van der Waals surface area contributed by atoms with E-state index in [2.05, 4.69) is 0 Å². The second-order valence-electron chi connectivity index (χ2n) is 7.44. The number of hydrogen-bond donors (Lipinski definition) is 1. The molecule has 1 fully saturated rings. The van der Waals surface area contributed by atoms with Crippen molar-refractivity contribution in [3.8, 4) is 0 Å². The first-order valence-corrected chi connectivity index (χ1v) is 9.85. The van der Waals surface area contributed by atoms with Crippen LogP contribution in [0.25, 0.3) is 0 Å². The van der Waals surface area contributed by atoms with Crippen LogP contribution in [0.15, 0.2) is 54.6 Å². The largest absolute Gasteiger partial charge is 0.544 e. The van der Waals surface area contributed by atoms with Crippen molar-refractivity contribution in [2.24, 2.45) is 0 Å². The summed E-state index contributed by atoms with van der Waals surface area (Å²) in [6.07, 6.45) is 6.24. The minimum Gasteiger partial charge on any atom is -0.544 e. The highest BCUT2D eigenvalue weighted by Crippen LogP contribution is 2.32. The van der Waals surface area contributed by atoms with Gasteiger partial charge in [0.1, 0.15) is 12.6 Å². The Labute approximate surface area is 160 Å². The number of Topliss-reactive ketones (excluding diaryl/α,β-unsaturated/α-hetero) is 1. The van der Waals surface area contributed by atoms with E-state index in [4.69, 9.17) is 0 Å². The molecular formula is C23H27NO3. The van der Waals surface area contributed by atoms with Gasteiger partial charge >= 0.3 is 0 Å². The number of ketones is 1. The van der Waals surface area contributed by atoms with Gasteiger partial charge in [0, 0.05) is 11.1 Å². The smallest absolute Gasteiger partial charge is 0.169 e. The summed E-state index contributed by atoms with van der Waals surface area (Å²) in [5.74, 6) is -0.750. The van der Waals surface area contributed by atoms with Crippen LogP contribution >= 0.6 is 0 Å². The summed E-state index contributed by atoms with van der Waals surface area (Å²) in [5, 5.41) is 13.1. The molecule has 0 aliphatic heterocycles. The summed E-state index contributed by atoms with van der Waals surface area (Å²) < 4.78 is 0. The Balaban J connectivity index is 1.58. The molecule has 4 heteroatoms. The maximum absolute atomic E-state index is 12.5. The van der Waals surface area contributed by atoms with Gasteiger partial charge in [-0.3, -0.25) is 4.79 Å². The van der Waals surface area contributed by atoms with Crippen molar-refractivity contribution in [2.45, 2.75) is 57.0 Å². The Morgan fingerprint density at radius 2 is 1.63 bits per heavy atom. The Bertz CT molecular complexity index is 749. The molecule has 0 bridgehead atoms. The fourth-order valence-corrected chi connectivity index (χ4v) is 3.85. The number of benzene rings is 2. The number of nitrogens with two attached hydrogens (primary N) is 1. The zero-order chi connectivity index (χ0) is 19.1. The molecule has 1 saturated carbocycles. The highest BCUT2D eigenvalue weighted by molar-refractivity contribution is 5.98. The quantitative estimate of drug-likeness (QED) is 0.729. The average Bonchev–Trinajstić information content (AvgIpc) is 2.72. The molecule has 1 atom stereocenters. The fraction of sp³-hybridized carbons (Fsp3) is 0.391. The third-order valence-electron chi connectivity index (χ3n) is 5.50. The molecule has 27 heavy (non-hydrogen) atoms. The molecule has 0 saturated heterocycles. The normalized spacial score (nSPS) is 16.0. The summed E-state index contributed by atoms with van der Waals surface area (Å²) in [6.45, 7) is 0.507. The minimum absolute atomic E-state index is 0.0576. The van der Waals surface area contributed by atoms with Crippen molar-refractivity contribution >= 4 is 11.8 Å². The van der Waals surface area contributed by atoms with E-state index < -0.39 is 12.0 Å². The molecular weight excluding hydrogens is 338 g/mol. The highest BCUT2D eigenvalue weighted by atomic mass is 16.4. The molecule has 0 spiro atoms. The molecule has 0 amide bonds. The zero-order valence-corrected chi connectivity index (χ0v) is 15.6. The van der Waals surface area contributed by atoms with Crippen LogP contribution in [-0.2, 0) is 11.3 Å². The van der Waals surface area contributed by atoms with E-state index in [0.29, 0.717) is 18.0 Å². The monoisotopic (exact) mass is 365 g/mol. The van der Waals surface area contributed by atoms with Gasteiger partial charge in [0.15, 0.2) is 5.78 Å². The molecule has 4 nitrogen and oxygen atoms in total. The number of carboxylic acid groups (broad SMARTS) is 1. The first-order chi connectivity index (χ1) is 13.1. The van der Waals surface area contributed by atoms with Crippen molar-refractivity contribution in [2.75, 3.05) is 0 Å². The second kappa shape index (κ2) is 9.47. The van der Waals surface area contributed by atoms with Gasteiger partial charge in [-0.15, -0.1) is 0 Å². The Hall–Kier alpha value is -2.46. The van der Waals surface area contributed by atoms with Crippen LogP contribution in [0.1, 0.15) is 65.9 Å². The van der Waals surface area contributed by atoms with Crippen molar-refractivity contribution in [3.63, 3.8) is 0 Å². The fourth-order valence-electron chi connectivity index (χ4n) is 3.85. The lowest BCUT2D eigenvalue weighted by molar-refractivity contribution is -0.697. The van der Waals surface area contributed by atoms with E-state index in [1.54, 1.807) is 5.32 Å². The van der Waals surface area contributed by atoms with Crippen molar-refractivity contribution in [1.82, 2.24) is 0 Å². The van der Waals surface area contributed by atoms with Gasteiger partial charge in [-0.1, -0.05) is 73.9 Å². The summed E-state index contributed by atoms with van der Waals surface area (Å²) in [6, 6.07) is 16.5. The molecule has 3 rings (SSSR count). The van der Waals surface area contributed by atoms with E-state index in [1.165, 1.54) is 37.7 Å². The molecule has 1 aliphatic carbocycles. The van der Waals surface area contributed by atoms with Crippen LogP contribution < -0.4 is 10.4 Å². The van der Waals surface area contributed by atoms with Crippen LogP contribution in [0, 0.1) is 0 Å². The summed E-state index contributed by atoms with van der Waals surface area (Å²) in [5.41, 5.74) is 2.89. The molecule has 0 aromatic heterocycles. The molecule has 1 aliphatic rings.